The van der Waals surface area contributed by atoms with Gasteiger partial charge in [-0.05, 0) is 32.9 Å². The van der Waals surface area contributed by atoms with Gasteiger partial charge in [0.2, 0.25) is 6.29 Å². The lowest BCUT2D eigenvalue weighted by Gasteiger charge is -2.30. The summed E-state index contributed by atoms with van der Waals surface area (Å²) >= 11 is 12.2. The largest absolute Gasteiger partial charge is 0.363 e. The van der Waals surface area contributed by atoms with Crippen molar-refractivity contribution in [3.63, 3.8) is 0 Å². The van der Waals surface area contributed by atoms with Gasteiger partial charge in [0, 0.05) is 17.0 Å². The van der Waals surface area contributed by atoms with E-state index in [9.17, 15) is 0 Å². The minimum absolute atomic E-state index is 0.234. The van der Waals surface area contributed by atoms with Crippen LogP contribution in [0.3, 0.4) is 0 Å². The number of rotatable bonds is 2. The third kappa shape index (κ3) is 4.10. The van der Waals surface area contributed by atoms with Crippen LogP contribution in [0.25, 0.3) is 0 Å². The molecule has 0 unspecified atom stereocenters. The molecule has 1 aliphatic rings. The van der Waals surface area contributed by atoms with E-state index in [4.69, 9.17) is 32.8 Å². The summed E-state index contributed by atoms with van der Waals surface area (Å²) in [5, 5.41) is 4.54. The molecule has 0 radical (unpaired) electrons. The van der Waals surface area contributed by atoms with Gasteiger partial charge in [0.1, 0.15) is 5.71 Å². The zero-order chi connectivity index (χ0) is 14.0. The second kappa shape index (κ2) is 5.70. The summed E-state index contributed by atoms with van der Waals surface area (Å²) < 4.78 is 5.72. The average Bonchev–Trinajstić information content (AvgIpc) is 2.29. The fourth-order valence-corrected chi connectivity index (χ4v) is 2.25. The molecule has 2 atom stereocenters. The van der Waals surface area contributed by atoms with E-state index < -0.39 is 6.29 Å². The molecule has 0 fully saturated rings. The maximum Gasteiger partial charge on any atom is 0.229 e. The van der Waals surface area contributed by atoms with E-state index in [2.05, 4.69) is 5.16 Å². The highest BCUT2D eigenvalue weighted by Gasteiger charge is 2.30. The lowest BCUT2D eigenvalue weighted by molar-refractivity contribution is -0.200. The predicted octanol–water partition coefficient (Wildman–Crippen LogP) is 4.21. The van der Waals surface area contributed by atoms with Gasteiger partial charge >= 0.3 is 0 Å². The Bertz CT molecular complexity index is 465. The molecule has 0 amide bonds. The van der Waals surface area contributed by atoms with Gasteiger partial charge in [-0.3, -0.25) is 0 Å². The summed E-state index contributed by atoms with van der Waals surface area (Å²) in [5.74, 6) is 0. The number of benzene rings is 1. The first kappa shape index (κ1) is 14.6. The second-order valence-electron chi connectivity index (χ2n) is 5.45. The van der Waals surface area contributed by atoms with Crippen LogP contribution in [0, 0.1) is 0 Å². The summed E-state index contributed by atoms with van der Waals surface area (Å²) in [7, 11) is 0. The second-order valence-corrected chi connectivity index (χ2v) is 6.42. The van der Waals surface area contributed by atoms with Gasteiger partial charge < -0.3 is 9.57 Å². The smallest absolute Gasteiger partial charge is 0.229 e. The van der Waals surface area contributed by atoms with E-state index in [0.29, 0.717) is 17.2 Å². The maximum absolute atomic E-state index is 6.36. The number of hydrogen-bond donors (Lipinski definition) is 0. The Morgan fingerprint density at radius 1 is 1.26 bits per heavy atom. The van der Waals surface area contributed by atoms with Gasteiger partial charge in [-0.2, -0.15) is 0 Å². The first-order valence-electron chi connectivity index (χ1n) is 6.17. The van der Waals surface area contributed by atoms with Gasteiger partial charge in [-0.15, -0.1) is 11.6 Å². The molecule has 0 saturated heterocycles. The summed E-state index contributed by atoms with van der Waals surface area (Å²) in [4.78, 5) is 5.37. The molecule has 0 aromatic heterocycles. The predicted molar refractivity (Wildman–Crippen MR) is 78.0 cm³/mol. The Labute approximate surface area is 123 Å². The quantitative estimate of drug-likeness (QED) is 0.766. The highest BCUT2D eigenvalue weighted by atomic mass is 35.5. The minimum Gasteiger partial charge on any atom is -0.363 e. The molecule has 1 heterocycles. The Morgan fingerprint density at radius 3 is 2.42 bits per heavy atom. The molecule has 0 aliphatic carbocycles. The number of alkyl halides is 1. The lowest BCUT2D eigenvalue weighted by atomic mass is 10.0. The molecule has 1 aromatic rings. The third-order valence-corrected chi connectivity index (χ3v) is 3.23. The van der Waals surface area contributed by atoms with Crippen molar-refractivity contribution in [2.24, 2.45) is 5.16 Å². The van der Waals surface area contributed by atoms with Crippen molar-refractivity contribution in [1.82, 2.24) is 0 Å². The fourth-order valence-electron chi connectivity index (χ4n) is 1.81. The van der Waals surface area contributed by atoms with Gasteiger partial charge in [0.05, 0.1) is 11.0 Å². The topological polar surface area (TPSA) is 30.8 Å². The van der Waals surface area contributed by atoms with Crippen LogP contribution >= 0.6 is 23.2 Å². The van der Waals surface area contributed by atoms with Crippen LogP contribution in [0.5, 0.6) is 0 Å². The minimum atomic E-state index is -0.404. The first-order chi connectivity index (χ1) is 8.85. The Morgan fingerprint density at radius 2 is 1.89 bits per heavy atom. The number of halogens is 2. The molecular weight excluding hydrogens is 285 g/mol. The van der Waals surface area contributed by atoms with Crippen LogP contribution in [-0.4, -0.2) is 23.0 Å². The molecule has 0 spiro atoms. The van der Waals surface area contributed by atoms with Crippen LogP contribution in [0.4, 0.5) is 0 Å². The zero-order valence-corrected chi connectivity index (χ0v) is 12.7. The standard InChI is InChI=1S/C14H17Cl2NO2/c1-14(2,3)18-12-8-11(16)13(17-19-12)9-4-6-10(15)7-5-9/h4-7,11-12H,8H2,1-3H3/t11-,12-/m1/s1. The van der Waals surface area contributed by atoms with Crippen molar-refractivity contribution in [2.75, 3.05) is 0 Å². The molecule has 0 saturated carbocycles. The van der Waals surface area contributed by atoms with Gasteiger partial charge in [-0.1, -0.05) is 28.9 Å². The van der Waals surface area contributed by atoms with Gasteiger partial charge in [-0.25, -0.2) is 0 Å². The fraction of sp³-hybridized carbons (Fsp3) is 0.500. The Balaban J connectivity index is 2.10. The lowest BCUT2D eigenvalue weighted by Crippen LogP contribution is -2.35. The normalized spacial score (nSPS) is 23.7. The third-order valence-electron chi connectivity index (χ3n) is 2.59. The molecule has 0 bridgehead atoms. The van der Waals surface area contributed by atoms with E-state index >= 15 is 0 Å². The first-order valence-corrected chi connectivity index (χ1v) is 6.98. The van der Waals surface area contributed by atoms with Crippen LogP contribution in [0.1, 0.15) is 32.8 Å². The Kier molecular flexibility index (Phi) is 4.39. The van der Waals surface area contributed by atoms with Crippen molar-refractivity contribution in [1.29, 1.82) is 0 Å². The molecule has 3 nitrogen and oxygen atoms in total. The van der Waals surface area contributed by atoms with E-state index in [1.165, 1.54) is 0 Å². The molecule has 19 heavy (non-hydrogen) atoms. The van der Waals surface area contributed by atoms with Crippen LogP contribution in [-0.2, 0) is 9.57 Å². The van der Waals surface area contributed by atoms with Gasteiger partial charge in [0.25, 0.3) is 0 Å². The summed E-state index contributed by atoms with van der Waals surface area (Å²) in [6.07, 6.45) is 0.166. The number of ether oxygens (including phenoxy) is 1. The summed E-state index contributed by atoms with van der Waals surface area (Å²) in [6, 6.07) is 7.37. The van der Waals surface area contributed by atoms with E-state index in [-0.39, 0.29) is 11.0 Å². The van der Waals surface area contributed by atoms with Crippen LogP contribution in [0.2, 0.25) is 5.02 Å². The number of oxime groups is 1. The summed E-state index contributed by atoms with van der Waals surface area (Å²) in [5.41, 5.74) is 1.35. The molecule has 1 aromatic carbocycles. The average molecular weight is 302 g/mol. The van der Waals surface area contributed by atoms with E-state index in [0.717, 1.165) is 5.56 Å². The maximum atomic E-state index is 6.36. The summed E-state index contributed by atoms with van der Waals surface area (Å²) in [6.45, 7) is 5.91. The SMILES string of the molecule is CC(C)(C)O[C@H]1C[C@@H](Cl)C(c2ccc(Cl)cc2)=NO1. The number of hydrogen-bond acceptors (Lipinski definition) is 3. The molecular formula is C14H17Cl2NO2. The number of nitrogens with zero attached hydrogens (tertiary/aromatic N) is 1. The van der Waals surface area contributed by atoms with Crippen LogP contribution in [0.15, 0.2) is 29.4 Å². The molecule has 104 valence electrons. The highest BCUT2D eigenvalue weighted by Crippen LogP contribution is 2.25. The van der Waals surface area contributed by atoms with Crippen molar-refractivity contribution in [3.05, 3.63) is 34.9 Å². The van der Waals surface area contributed by atoms with E-state index in [1.54, 1.807) is 12.1 Å². The highest BCUT2D eigenvalue weighted by molar-refractivity contribution is 6.35. The monoisotopic (exact) mass is 301 g/mol. The Hall–Kier alpha value is -0.770. The van der Waals surface area contributed by atoms with E-state index in [1.807, 2.05) is 32.9 Å². The molecule has 0 N–H and O–H groups in total. The van der Waals surface area contributed by atoms with Crippen molar-refractivity contribution in [2.45, 2.75) is 44.5 Å². The molecule has 2 rings (SSSR count). The van der Waals surface area contributed by atoms with Crippen molar-refractivity contribution >= 4 is 28.9 Å². The molecule has 1 aliphatic heterocycles. The van der Waals surface area contributed by atoms with Crippen LogP contribution < -0.4 is 0 Å². The van der Waals surface area contributed by atoms with Gasteiger partial charge in [0.15, 0.2) is 0 Å². The zero-order valence-electron chi connectivity index (χ0n) is 11.2. The molecule has 5 heteroatoms. The van der Waals surface area contributed by atoms with Crippen molar-refractivity contribution in [3.8, 4) is 0 Å². The van der Waals surface area contributed by atoms with Crippen molar-refractivity contribution < 1.29 is 9.57 Å².